The molecule has 0 saturated heterocycles. The number of aryl methyl sites for hydroxylation is 1. The second kappa shape index (κ2) is 8.94. The topological polar surface area (TPSA) is 90.3 Å². The van der Waals surface area contributed by atoms with Crippen LogP contribution in [-0.2, 0) is 16.1 Å². The van der Waals surface area contributed by atoms with Crippen LogP contribution in [0.15, 0.2) is 59.7 Å². The molecule has 144 valence electrons. The second-order valence-corrected chi connectivity index (χ2v) is 6.21. The van der Waals surface area contributed by atoms with E-state index in [1.165, 1.54) is 10.9 Å². The monoisotopic (exact) mass is 379 g/mol. The van der Waals surface area contributed by atoms with Crippen molar-refractivity contribution in [2.75, 3.05) is 11.9 Å². The number of para-hydroxylation sites is 1. The van der Waals surface area contributed by atoms with Crippen LogP contribution in [0.4, 0.5) is 5.69 Å². The molecule has 28 heavy (non-hydrogen) atoms. The average Bonchev–Trinajstić information content (AvgIpc) is 2.70. The maximum atomic E-state index is 12.4. The molecule has 0 saturated carbocycles. The zero-order chi connectivity index (χ0) is 19.9. The molecule has 0 atom stereocenters. The molecular formula is C21H21N3O4. The molecule has 1 aromatic heterocycles. The van der Waals surface area contributed by atoms with E-state index in [2.05, 4.69) is 10.3 Å². The molecule has 0 radical (unpaired) electrons. The third-order valence-corrected chi connectivity index (χ3v) is 4.21. The van der Waals surface area contributed by atoms with Gasteiger partial charge in [0.2, 0.25) is 5.91 Å². The van der Waals surface area contributed by atoms with Gasteiger partial charge in [0.1, 0.15) is 0 Å². The first-order chi connectivity index (χ1) is 13.6. The van der Waals surface area contributed by atoms with Crippen LogP contribution in [0.2, 0.25) is 0 Å². The van der Waals surface area contributed by atoms with Gasteiger partial charge in [0.15, 0.2) is 0 Å². The highest BCUT2D eigenvalue weighted by Gasteiger charge is 2.08. The Morgan fingerprint density at radius 1 is 1.11 bits per heavy atom. The SMILES string of the molecule is CCOC(=O)c1ccc(NC(=O)CCCn2cnc3ccccc3c2=O)cc1. The number of aromatic nitrogens is 2. The number of esters is 1. The highest BCUT2D eigenvalue weighted by atomic mass is 16.5. The number of nitrogens with zero attached hydrogens (tertiary/aromatic N) is 2. The summed E-state index contributed by atoms with van der Waals surface area (Å²) < 4.78 is 6.44. The summed E-state index contributed by atoms with van der Waals surface area (Å²) >= 11 is 0. The number of ether oxygens (including phenoxy) is 1. The summed E-state index contributed by atoms with van der Waals surface area (Å²) in [7, 11) is 0. The fourth-order valence-corrected chi connectivity index (χ4v) is 2.80. The number of carbonyl (C=O) groups is 2. The summed E-state index contributed by atoms with van der Waals surface area (Å²) in [4.78, 5) is 40.4. The van der Waals surface area contributed by atoms with Crippen LogP contribution in [0.1, 0.15) is 30.1 Å². The van der Waals surface area contributed by atoms with Gasteiger partial charge in [-0.25, -0.2) is 9.78 Å². The number of fused-ring (bicyclic) bond motifs is 1. The largest absolute Gasteiger partial charge is 0.462 e. The van der Waals surface area contributed by atoms with Crippen molar-refractivity contribution in [3.05, 3.63) is 70.8 Å². The smallest absolute Gasteiger partial charge is 0.338 e. The molecule has 0 unspecified atom stereocenters. The first kappa shape index (κ1) is 19.3. The number of hydrogen-bond donors (Lipinski definition) is 1. The van der Waals surface area contributed by atoms with Crippen molar-refractivity contribution in [3.63, 3.8) is 0 Å². The van der Waals surface area contributed by atoms with Crippen LogP contribution in [-0.4, -0.2) is 28.0 Å². The summed E-state index contributed by atoms with van der Waals surface area (Å²) in [6.45, 7) is 2.47. The summed E-state index contributed by atoms with van der Waals surface area (Å²) in [6.07, 6.45) is 2.28. The molecule has 1 heterocycles. The van der Waals surface area contributed by atoms with Crippen molar-refractivity contribution in [1.29, 1.82) is 0 Å². The van der Waals surface area contributed by atoms with Gasteiger partial charge in [0.05, 0.1) is 29.4 Å². The number of rotatable bonds is 7. The maximum absolute atomic E-state index is 12.4. The Morgan fingerprint density at radius 2 is 1.86 bits per heavy atom. The number of nitrogens with one attached hydrogen (secondary N) is 1. The molecule has 0 spiro atoms. The molecule has 3 aromatic rings. The van der Waals surface area contributed by atoms with Crippen molar-refractivity contribution in [2.24, 2.45) is 0 Å². The standard InChI is InChI=1S/C21H21N3O4/c1-2-28-21(27)15-9-11-16(12-10-15)23-19(25)8-5-13-24-14-22-18-7-4-3-6-17(18)20(24)26/h3-4,6-7,9-12,14H,2,5,8,13H2,1H3,(H,23,25). The van der Waals surface area contributed by atoms with Crippen LogP contribution in [0.25, 0.3) is 10.9 Å². The van der Waals surface area contributed by atoms with Gasteiger partial charge in [-0.15, -0.1) is 0 Å². The van der Waals surface area contributed by atoms with Crippen molar-refractivity contribution in [3.8, 4) is 0 Å². The van der Waals surface area contributed by atoms with Crippen molar-refractivity contribution >= 4 is 28.5 Å². The predicted octanol–water partition coefficient (Wildman–Crippen LogP) is 2.99. The number of benzene rings is 2. The summed E-state index contributed by atoms with van der Waals surface area (Å²) in [5.74, 6) is -0.555. The molecule has 7 heteroatoms. The lowest BCUT2D eigenvalue weighted by Gasteiger charge is -2.08. The van der Waals surface area contributed by atoms with Crippen molar-refractivity contribution in [1.82, 2.24) is 9.55 Å². The van der Waals surface area contributed by atoms with Crippen molar-refractivity contribution < 1.29 is 14.3 Å². The minimum atomic E-state index is -0.394. The van der Waals surface area contributed by atoms with E-state index in [0.717, 1.165) is 0 Å². The van der Waals surface area contributed by atoms with E-state index in [1.54, 1.807) is 49.4 Å². The van der Waals surface area contributed by atoms with E-state index in [9.17, 15) is 14.4 Å². The summed E-state index contributed by atoms with van der Waals surface area (Å²) in [5.41, 5.74) is 1.58. The highest BCUT2D eigenvalue weighted by molar-refractivity contribution is 5.93. The number of anilines is 1. The first-order valence-electron chi connectivity index (χ1n) is 9.09. The quantitative estimate of drug-likeness (QED) is 0.638. The molecule has 0 aliphatic heterocycles. The number of carbonyl (C=O) groups excluding carboxylic acids is 2. The molecule has 0 bridgehead atoms. The van der Waals surface area contributed by atoms with E-state index in [-0.39, 0.29) is 17.9 Å². The molecule has 1 N–H and O–H groups in total. The minimum Gasteiger partial charge on any atom is -0.462 e. The third-order valence-electron chi connectivity index (χ3n) is 4.21. The van der Waals surface area contributed by atoms with Crippen LogP contribution >= 0.6 is 0 Å². The van der Waals surface area contributed by atoms with Gasteiger partial charge >= 0.3 is 5.97 Å². The predicted molar refractivity (Wildman–Crippen MR) is 106 cm³/mol. The van der Waals surface area contributed by atoms with E-state index >= 15 is 0 Å². The van der Waals surface area contributed by atoms with Crippen LogP contribution in [0.3, 0.4) is 0 Å². The highest BCUT2D eigenvalue weighted by Crippen LogP contribution is 2.11. The van der Waals surface area contributed by atoms with Crippen molar-refractivity contribution in [2.45, 2.75) is 26.3 Å². The van der Waals surface area contributed by atoms with Crippen LogP contribution in [0, 0.1) is 0 Å². The van der Waals surface area contributed by atoms with Crippen LogP contribution < -0.4 is 10.9 Å². The lowest BCUT2D eigenvalue weighted by Crippen LogP contribution is -2.21. The molecular weight excluding hydrogens is 358 g/mol. The Balaban J connectivity index is 1.53. The fraction of sp³-hybridized carbons (Fsp3) is 0.238. The first-order valence-corrected chi connectivity index (χ1v) is 9.09. The third kappa shape index (κ3) is 4.62. The fourth-order valence-electron chi connectivity index (χ4n) is 2.80. The second-order valence-electron chi connectivity index (χ2n) is 6.21. The lowest BCUT2D eigenvalue weighted by atomic mass is 10.2. The average molecular weight is 379 g/mol. The van der Waals surface area contributed by atoms with Gasteiger partial charge in [-0.3, -0.25) is 14.2 Å². The lowest BCUT2D eigenvalue weighted by molar-refractivity contribution is -0.116. The molecule has 0 aliphatic rings. The van der Waals surface area contributed by atoms with Gasteiger partial charge in [0.25, 0.3) is 5.56 Å². The molecule has 3 rings (SSSR count). The van der Waals surface area contributed by atoms with E-state index < -0.39 is 5.97 Å². The number of hydrogen-bond acceptors (Lipinski definition) is 5. The van der Waals surface area contributed by atoms with Gasteiger partial charge in [0, 0.05) is 18.7 Å². The summed E-state index contributed by atoms with van der Waals surface area (Å²) in [5, 5.41) is 3.34. The minimum absolute atomic E-state index is 0.111. The summed E-state index contributed by atoms with van der Waals surface area (Å²) in [6, 6.07) is 13.7. The molecule has 0 fully saturated rings. The zero-order valence-electron chi connectivity index (χ0n) is 15.6. The van der Waals surface area contributed by atoms with Gasteiger partial charge in [-0.2, -0.15) is 0 Å². The Morgan fingerprint density at radius 3 is 2.61 bits per heavy atom. The Labute approximate surface area is 162 Å². The van der Waals surface area contributed by atoms with E-state index in [4.69, 9.17) is 4.74 Å². The van der Waals surface area contributed by atoms with Gasteiger partial charge in [-0.05, 0) is 49.7 Å². The number of amides is 1. The molecule has 0 aliphatic carbocycles. The Kier molecular flexibility index (Phi) is 6.16. The van der Waals surface area contributed by atoms with Gasteiger partial charge in [-0.1, -0.05) is 12.1 Å². The molecule has 7 nitrogen and oxygen atoms in total. The van der Waals surface area contributed by atoms with E-state index in [1.807, 2.05) is 6.07 Å². The van der Waals surface area contributed by atoms with E-state index in [0.29, 0.717) is 41.7 Å². The normalized spacial score (nSPS) is 10.6. The maximum Gasteiger partial charge on any atom is 0.338 e. The molecule has 1 amide bonds. The van der Waals surface area contributed by atoms with Gasteiger partial charge < -0.3 is 10.1 Å². The van der Waals surface area contributed by atoms with Crippen LogP contribution in [0.5, 0.6) is 0 Å². The Hall–Kier alpha value is -3.48. The molecule has 2 aromatic carbocycles. The Bertz CT molecular complexity index is 1040. The zero-order valence-corrected chi connectivity index (χ0v) is 15.6.